The topological polar surface area (TPSA) is 75.4 Å². The predicted molar refractivity (Wildman–Crippen MR) is 74.7 cm³/mol. The number of nitrogens with one attached hydrogen (secondary N) is 1. The van der Waals surface area contributed by atoms with Crippen LogP contribution in [0.2, 0.25) is 5.02 Å². The Kier molecular flexibility index (Phi) is 3.96. The minimum Gasteiger partial charge on any atom is -0.396 e. The lowest BCUT2D eigenvalue weighted by molar-refractivity contribution is -0.384. The molecule has 0 heterocycles. The number of nitrogens with zero attached hydrogens (tertiary/aromatic N) is 1. The second-order valence-electron chi connectivity index (χ2n) is 5.24. The Bertz CT molecular complexity index is 472. The Balaban J connectivity index is 2.14. The number of halogens is 1. The maximum absolute atomic E-state index is 10.7. The summed E-state index contributed by atoms with van der Waals surface area (Å²) in [7, 11) is 0. The Morgan fingerprint density at radius 1 is 1.53 bits per heavy atom. The van der Waals surface area contributed by atoms with Crippen LogP contribution >= 0.6 is 11.6 Å². The molecule has 5 nitrogen and oxygen atoms in total. The number of nitro groups is 1. The Morgan fingerprint density at radius 2 is 2.21 bits per heavy atom. The zero-order chi connectivity index (χ0) is 14.0. The van der Waals surface area contributed by atoms with E-state index in [-0.39, 0.29) is 17.7 Å². The quantitative estimate of drug-likeness (QED) is 0.643. The van der Waals surface area contributed by atoms with Crippen molar-refractivity contribution in [2.24, 2.45) is 5.41 Å². The molecule has 0 spiro atoms. The molecule has 2 rings (SSSR count). The third kappa shape index (κ3) is 2.82. The van der Waals surface area contributed by atoms with Crippen LogP contribution in [-0.4, -0.2) is 23.2 Å². The number of hydrogen-bond donors (Lipinski definition) is 2. The van der Waals surface area contributed by atoms with Crippen molar-refractivity contribution in [3.8, 4) is 0 Å². The van der Waals surface area contributed by atoms with Gasteiger partial charge in [-0.05, 0) is 25.3 Å². The van der Waals surface area contributed by atoms with E-state index in [1.807, 2.05) is 0 Å². The van der Waals surface area contributed by atoms with Crippen molar-refractivity contribution in [3.63, 3.8) is 0 Å². The minimum atomic E-state index is -0.455. The standard InChI is InChI=1S/C13H17ClN2O3/c1-9-5-10(16(18)19)6-11(14)12(9)15-7-13(8-17)3-2-4-13/h5-6,15,17H,2-4,7-8H2,1H3. The number of benzene rings is 1. The highest BCUT2D eigenvalue weighted by Gasteiger charge is 2.36. The average molecular weight is 285 g/mol. The number of anilines is 1. The van der Waals surface area contributed by atoms with E-state index in [1.165, 1.54) is 12.1 Å². The summed E-state index contributed by atoms with van der Waals surface area (Å²) in [4.78, 5) is 10.3. The monoisotopic (exact) mass is 284 g/mol. The highest BCUT2D eigenvalue weighted by Crippen LogP contribution is 2.41. The number of aliphatic hydroxyl groups excluding tert-OH is 1. The van der Waals surface area contributed by atoms with Crippen molar-refractivity contribution < 1.29 is 10.0 Å². The van der Waals surface area contributed by atoms with E-state index < -0.39 is 4.92 Å². The molecule has 1 saturated carbocycles. The van der Waals surface area contributed by atoms with Crippen LogP contribution in [0.25, 0.3) is 0 Å². The Hall–Kier alpha value is -1.33. The van der Waals surface area contributed by atoms with Crippen LogP contribution in [-0.2, 0) is 0 Å². The van der Waals surface area contributed by atoms with Crippen LogP contribution in [0, 0.1) is 22.5 Å². The van der Waals surface area contributed by atoms with Crippen LogP contribution in [0.4, 0.5) is 11.4 Å². The number of non-ortho nitro benzene ring substituents is 1. The van der Waals surface area contributed by atoms with Gasteiger partial charge in [-0.25, -0.2) is 0 Å². The van der Waals surface area contributed by atoms with Gasteiger partial charge < -0.3 is 10.4 Å². The van der Waals surface area contributed by atoms with Crippen LogP contribution in [0.1, 0.15) is 24.8 Å². The molecule has 1 aliphatic rings. The first-order chi connectivity index (χ1) is 8.97. The summed E-state index contributed by atoms with van der Waals surface area (Å²) in [6, 6.07) is 2.85. The van der Waals surface area contributed by atoms with Crippen LogP contribution in [0.5, 0.6) is 0 Å². The molecule has 0 amide bonds. The van der Waals surface area contributed by atoms with Gasteiger partial charge in [0.25, 0.3) is 5.69 Å². The lowest BCUT2D eigenvalue weighted by Crippen LogP contribution is -2.39. The number of hydrogen-bond acceptors (Lipinski definition) is 4. The van der Waals surface area contributed by atoms with E-state index >= 15 is 0 Å². The van der Waals surface area contributed by atoms with Gasteiger partial charge >= 0.3 is 0 Å². The fourth-order valence-electron chi connectivity index (χ4n) is 2.40. The molecule has 1 fully saturated rings. The van der Waals surface area contributed by atoms with Crippen molar-refractivity contribution in [3.05, 3.63) is 32.8 Å². The molecule has 0 bridgehead atoms. The molecule has 0 aromatic heterocycles. The molecular weight excluding hydrogens is 268 g/mol. The van der Waals surface area contributed by atoms with E-state index in [4.69, 9.17) is 11.6 Å². The number of aliphatic hydroxyl groups is 1. The van der Waals surface area contributed by atoms with Gasteiger partial charge in [0.15, 0.2) is 0 Å². The molecule has 0 saturated heterocycles. The highest BCUT2D eigenvalue weighted by molar-refractivity contribution is 6.33. The first-order valence-corrected chi connectivity index (χ1v) is 6.64. The van der Waals surface area contributed by atoms with Gasteiger partial charge in [0.2, 0.25) is 0 Å². The van der Waals surface area contributed by atoms with E-state index in [0.717, 1.165) is 24.8 Å². The zero-order valence-electron chi connectivity index (χ0n) is 10.8. The SMILES string of the molecule is Cc1cc([N+](=O)[O-])cc(Cl)c1NCC1(CO)CCC1. The van der Waals surface area contributed by atoms with Gasteiger partial charge in [-0.15, -0.1) is 0 Å². The molecule has 0 unspecified atom stereocenters. The Labute approximate surface area is 116 Å². The minimum absolute atomic E-state index is 0.00596. The molecule has 19 heavy (non-hydrogen) atoms. The van der Waals surface area contributed by atoms with Gasteiger partial charge in [0.05, 0.1) is 22.2 Å². The summed E-state index contributed by atoms with van der Waals surface area (Å²) in [6.07, 6.45) is 3.13. The van der Waals surface area contributed by atoms with E-state index in [1.54, 1.807) is 6.92 Å². The molecule has 0 radical (unpaired) electrons. The van der Waals surface area contributed by atoms with Gasteiger partial charge in [-0.2, -0.15) is 0 Å². The van der Waals surface area contributed by atoms with Gasteiger partial charge in [0.1, 0.15) is 0 Å². The first kappa shape index (κ1) is 14.1. The van der Waals surface area contributed by atoms with Crippen molar-refractivity contribution in [2.75, 3.05) is 18.5 Å². The maximum atomic E-state index is 10.7. The number of rotatable bonds is 5. The lowest BCUT2D eigenvalue weighted by atomic mass is 9.69. The van der Waals surface area contributed by atoms with Crippen LogP contribution < -0.4 is 5.32 Å². The van der Waals surface area contributed by atoms with Crippen molar-refractivity contribution in [1.29, 1.82) is 0 Å². The molecule has 1 aromatic rings. The summed E-state index contributed by atoms with van der Waals surface area (Å²) in [5.41, 5.74) is 1.39. The molecule has 0 aliphatic heterocycles. The Morgan fingerprint density at radius 3 is 2.63 bits per heavy atom. The van der Waals surface area contributed by atoms with Crippen LogP contribution in [0.15, 0.2) is 12.1 Å². The van der Waals surface area contributed by atoms with E-state index in [0.29, 0.717) is 17.3 Å². The smallest absolute Gasteiger partial charge is 0.271 e. The highest BCUT2D eigenvalue weighted by atomic mass is 35.5. The van der Waals surface area contributed by atoms with E-state index in [9.17, 15) is 15.2 Å². The molecule has 0 atom stereocenters. The fraction of sp³-hybridized carbons (Fsp3) is 0.538. The average Bonchev–Trinajstić information content (AvgIpc) is 2.30. The summed E-state index contributed by atoms with van der Waals surface area (Å²) in [5, 5.41) is 23.7. The van der Waals surface area contributed by atoms with Gasteiger partial charge in [0, 0.05) is 24.1 Å². The normalized spacial score (nSPS) is 16.8. The molecule has 1 aromatic carbocycles. The molecule has 2 N–H and O–H groups in total. The second kappa shape index (κ2) is 5.35. The molecule has 1 aliphatic carbocycles. The summed E-state index contributed by atoms with van der Waals surface area (Å²) in [5.74, 6) is 0. The number of aryl methyl sites for hydroxylation is 1. The summed E-state index contributed by atoms with van der Waals surface area (Å²) in [6.45, 7) is 2.58. The third-order valence-electron chi connectivity index (χ3n) is 3.87. The number of nitro benzene ring substituents is 1. The molecular formula is C13H17ClN2O3. The molecule has 104 valence electrons. The predicted octanol–water partition coefficient (Wildman–Crippen LogP) is 3.13. The van der Waals surface area contributed by atoms with Crippen LogP contribution in [0.3, 0.4) is 0 Å². The fourth-order valence-corrected chi connectivity index (χ4v) is 2.73. The lowest BCUT2D eigenvalue weighted by Gasteiger charge is -2.40. The van der Waals surface area contributed by atoms with Crippen molar-refractivity contribution in [2.45, 2.75) is 26.2 Å². The van der Waals surface area contributed by atoms with E-state index in [2.05, 4.69) is 5.32 Å². The van der Waals surface area contributed by atoms with Crippen molar-refractivity contribution in [1.82, 2.24) is 0 Å². The van der Waals surface area contributed by atoms with Crippen molar-refractivity contribution >= 4 is 23.0 Å². The van der Waals surface area contributed by atoms with Gasteiger partial charge in [-0.1, -0.05) is 18.0 Å². The first-order valence-electron chi connectivity index (χ1n) is 6.27. The zero-order valence-corrected chi connectivity index (χ0v) is 11.5. The molecule has 6 heteroatoms. The van der Waals surface area contributed by atoms with Gasteiger partial charge in [-0.3, -0.25) is 10.1 Å². The second-order valence-corrected chi connectivity index (χ2v) is 5.65. The third-order valence-corrected chi connectivity index (χ3v) is 4.17. The maximum Gasteiger partial charge on any atom is 0.271 e. The summed E-state index contributed by atoms with van der Waals surface area (Å²) < 4.78 is 0. The largest absolute Gasteiger partial charge is 0.396 e. The summed E-state index contributed by atoms with van der Waals surface area (Å²) >= 11 is 6.08.